The maximum absolute atomic E-state index is 2.58. The molecule has 63 heavy (non-hydrogen) atoms. The molecular weight excluding hydrogens is 761 g/mol. The van der Waals surface area contributed by atoms with E-state index in [9.17, 15) is 0 Å². The molecule has 9 rings (SSSR count). The fourth-order valence-corrected chi connectivity index (χ4v) is 11.2. The zero-order valence-corrected chi connectivity index (χ0v) is 38.6. The van der Waals surface area contributed by atoms with Gasteiger partial charge in [0.2, 0.25) is 0 Å². The van der Waals surface area contributed by atoms with Gasteiger partial charge in [-0.25, -0.2) is 0 Å². The summed E-state index contributed by atoms with van der Waals surface area (Å²) >= 11 is 0. The monoisotopic (exact) mass is 829 g/mol. The molecule has 0 radical (unpaired) electrons. The molecule has 1 aliphatic rings. The molecule has 0 amide bonds. The van der Waals surface area contributed by atoms with Crippen LogP contribution in [0.2, 0.25) is 0 Å². The lowest BCUT2D eigenvalue weighted by molar-refractivity contribution is 0.398. The molecule has 0 spiro atoms. The third kappa shape index (κ3) is 8.47. The Hall–Kier alpha value is -5.60. The fourth-order valence-electron chi connectivity index (χ4n) is 11.2. The second kappa shape index (κ2) is 19.4. The van der Waals surface area contributed by atoms with Gasteiger partial charge in [-0.05, 0) is 108 Å². The van der Waals surface area contributed by atoms with E-state index in [4.69, 9.17) is 0 Å². The fraction of sp³-hybridized carbons (Fsp3) is 0.344. The van der Waals surface area contributed by atoms with Gasteiger partial charge in [0, 0.05) is 62.1 Å². The van der Waals surface area contributed by atoms with E-state index >= 15 is 0 Å². The predicted octanol–water partition coefficient (Wildman–Crippen LogP) is 18.1. The van der Waals surface area contributed by atoms with Crippen molar-refractivity contribution in [3.05, 3.63) is 155 Å². The Morgan fingerprint density at radius 3 is 1.16 bits per heavy atom. The Labute approximate surface area is 377 Å². The minimum Gasteiger partial charge on any atom is -0.341 e. The van der Waals surface area contributed by atoms with Gasteiger partial charge in [0.05, 0.1) is 0 Å². The van der Waals surface area contributed by atoms with Crippen LogP contribution in [-0.2, 0) is 18.5 Å². The van der Waals surface area contributed by atoms with Gasteiger partial charge in [0.1, 0.15) is 0 Å². The van der Waals surface area contributed by atoms with Gasteiger partial charge in [-0.2, -0.15) is 0 Å². The molecule has 0 saturated heterocycles. The van der Waals surface area contributed by atoms with E-state index in [-0.39, 0.29) is 5.41 Å². The molecule has 0 bridgehead atoms. The second-order valence-corrected chi connectivity index (χ2v) is 18.5. The molecule has 0 aliphatic heterocycles. The average Bonchev–Trinajstić information content (AvgIpc) is 3.92. The number of para-hydroxylation sites is 2. The van der Waals surface area contributed by atoms with Gasteiger partial charge < -0.3 is 9.13 Å². The Balaban J connectivity index is 1.08. The van der Waals surface area contributed by atoms with Crippen LogP contribution in [0.25, 0.3) is 79.0 Å². The first-order chi connectivity index (χ1) is 31.1. The van der Waals surface area contributed by atoms with Gasteiger partial charge in [0.25, 0.3) is 0 Å². The Bertz CT molecular complexity index is 2710. The highest BCUT2D eigenvalue weighted by Crippen LogP contribution is 2.55. The molecule has 1 aliphatic carbocycles. The predicted molar refractivity (Wildman–Crippen MR) is 277 cm³/mol. The zero-order chi connectivity index (χ0) is 43.2. The molecule has 0 saturated carbocycles. The van der Waals surface area contributed by atoms with Crippen LogP contribution in [0.15, 0.2) is 121 Å². The Kier molecular flexibility index (Phi) is 13.2. The summed E-state index contributed by atoms with van der Waals surface area (Å²) in [5.41, 5.74) is 16.4. The minimum atomic E-state index is 0.00959. The summed E-state index contributed by atoms with van der Waals surface area (Å²) < 4.78 is 4.88. The van der Waals surface area contributed by atoms with Crippen LogP contribution in [0.4, 0.5) is 0 Å². The first-order valence-electron chi connectivity index (χ1n) is 24.7. The van der Waals surface area contributed by atoms with Gasteiger partial charge in [0.15, 0.2) is 0 Å². The lowest BCUT2D eigenvalue weighted by atomic mass is 9.70. The van der Waals surface area contributed by atoms with Crippen molar-refractivity contribution in [2.75, 3.05) is 0 Å². The maximum Gasteiger partial charge on any atom is 0.0491 e. The largest absolute Gasteiger partial charge is 0.341 e. The summed E-state index contributed by atoms with van der Waals surface area (Å²) in [6.07, 6.45) is 27.7. The van der Waals surface area contributed by atoms with Gasteiger partial charge in [-0.3, -0.25) is 0 Å². The molecule has 2 nitrogen and oxygen atoms in total. The number of nitrogens with zero attached hydrogens (tertiary/aromatic N) is 2. The maximum atomic E-state index is 2.58. The van der Waals surface area contributed by atoms with E-state index in [0.717, 1.165) is 13.1 Å². The van der Waals surface area contributed by atoms with Crippen LogP contribution in [0.1, 0.15) is 151 Å². The number of hydrogen-bond acceptors (Lipinski definition) is 0. The average molecular weight is 829 g/mol. The summed E-state index contributed by atoms with van der Waals surface area (Å²) in [7, 11) is 0. The number of fused-ring (bicyclic) bond motifs is 9. The highest BCUT2D eigenvalue weighted by molar-refractivity contribution is 6.10. The van der Waals surface area contributed by atoms with Crippen LogP contribution < -0.4 is 0 Å². The highest BCUT2D eigenvalue weighted by atomic mass is 15.0. The number of unbranched alkanes of at least 4 members (excludes halogenated alkanes) is 10. The zero-order valence-electron chi connectivity index (χ0n) is 38.6. The summed E-state index contributed by atoms with van der Waals surface area (Å²) in [5, 5.41) is 5.35. The van der Waals surface area contributed by atoms with Gasteiger partial charge >= 0.3 is 0 Å². The SMILES string of the molecule is CCCCCCCCC1(CCCCCCCC)c2cc(/C=C/c3ccc4c(c3)c3ccccc3n4CC)ccc2-c2ccc(/C=C/c3ccc4c(c3)c3ccccc3n4CC)cc21. The van der Waals surface area contributed by atoms with Crippen molar-refractivity contribution in [2.24, 2.45) is 0 Å². The standard InChI is InChI=1S/C61H68N2/c1-5-9-11-13-15-21-39-61(40-22-16-14-12-10-6-2)55-43-47(29-27-45-33-37-59-53(41-45)51-23-17-19-25-57(51)62(59)7-3)31-35-49(55)50-36-32-48(44-56(50)61)30-28-46-34-38-60-54(42-46)52-24-18-20-26-58(52)63(60)8-4/h17-20,23-38,41-44H,5-16,21-22,39-40H2,1-4H3/b29-27+,30-28+. The summed E-state index contributed by atoms with van der Waals surface area (Å²) in [6, 6.07) is 46.5. The molecule has 6 aromatic carbocycles. The van der Waals surface area contributed by atoms with Crippen molar-refractivity contribution in [2.45, 2.75) is 136 Å². The topological polar surface area (TPSA) is 9.86 Å². The molecule has 0 N–H and O–H groups in total. The molecule has 2 aromatic heterocycles. The van der Waals surface area contributed by atoms with E-state index in [1.807, 2.05) is 0 Å². The van der Waals surface area contributed by atoms with Crippen molar-refractivity contribution >= 4 is 67.9 Å². The second-order valence-electron chi connectivity index (χ2n) is 18.5. The molecule has 0 fully saturated rings. The van der Waals surface area contributed by atoms with Crippen molar-refractivity contribution in [3.8, 4) is 11.1 Å². The van der Waals surface area contributed by atoms with E-state index in [2.05, 4.69) is 182 Å². The molecule has 0 unspecified atom stereocenters. The van der Waals surface area contributed by atoms with Crippen molar-refractivity contribution in [3.63, 3.8) is 0 Å². The first kappa shape index (κ1) is 42.7. The third-order valence-electron chi connectivity index (χ3n) is 14.5. The summed E-state index contributed by atoms with van der Waals surface area (Å²) in [5.74, 6) is 0. The first-order valence-corrected chi connectivity index (χ1v) is 24.7. The van der Waals surface area contributed by atoms with Gasteiger partial charge in [-0.1, -0.05) is 200 Å². The highest BCUT2D eigenvalue weighted by Gasteiger charge is 2.42. The minimum absolute atomic E-state index is 0.00959. The molecule has 8 aromatic rings. The van der Waals surface area contributed by atoms with Crippen LogP contribution in [-0.4, -0.2) is 9.13 Å². The van der Waals surface area contributed by atoms with E-state index in [0.29, 0.717) is 0 Å². The van der Waals surface area contributed by atoms with Crippen molar-refractivity contribution in [1.82, 2.24) is 9.13 Å². The van der Waals surface area contributed by atoms with Crippen LogP contribution in [0.5, 0.6) is 0 Å². The molecule has 2 heteroatoms. The van der Waals surface area contributed by atoms with Crippen molar-refractivity contribution in [1.29, 1.82) is 0 Å². The molecule has 2 heterocycles. The molecule has 322 valence electrons. The third-order valence-corrected chi connectivity index (χ3v) is 14.5. The summed E-state index contributed by atoms with van der Waals surface area (Å²) in [4.78, 5) is 0. The Morgan fingerprint density at radius 1 is 0.365 bits per heavy atom. The quantitative estimate of drug-likeness (QED) is 0.0535. The van der Waals surface area contributed by atoms with E-state index in [1.165, 1.54) is 167 Å². The van der Waals surface area contributed by atoms with E-state index in [1.54, 1.807) is 11.1 Å². The smallest absolute Gasteiger partial charge is 0.0491 e. The molecular formula is C61H68N2. The summed E-state index contributed by atoms with van der Waals surface area (Å²) in [6.45, 7) is 11.1. The number of benzene rings is 6. The number of hydrogen-bond donors (Lipinski definition) is 0. The lowest BCUT2D eigenvalue weighted by Gasteiger charge is -2.33. The number of aryl methyl sites for hydroxylation is 2. The van der Waals surface area contributed by atoms with Crippen LogP contribution >= 0.6 is 0 Å². The normalized spacial score (nSPS) is 13.5. The van der Waals surface area contributed by atoms with Gasteiger partial charge in [-0.15, -0.1) is 0 Å². The lowest BCUT2D eigenvalue weighted by Crippen LogP contribution is -2.25. The van der Waals surface area contributed by atoms with Crippen molar-refractivity contribution < 1.29 is 0 Å². The Morgan fingerprint density at radius 2 is 0.730 bits per heavy atom. The number of rotatable bonds is 20. The molecule has 0 atom stereocenters. The number of aromatic nitrogens is 2. The van der Waals surface area contributed by atoms with Crippen LogP contribution in [0, 0.1) is 0 Å². The van der Waals surface area contributed by atoms with Crippen LogP contribution in [0.3, 0.4) is 0 Å². The van der Waals surface area contributed by atoms with E-state index < -0.39 is 0 Å².